The van der Waals surface area contributed by atoms with E-state index >= 15 is 0 Å². The van der Waals surface area contributed by atoms with Gasteiger partial charge in [0.25, 0.3) is 0 Å². The van der Waals surface area contributed by atoms with Crippen molar-refractivity contribution in [3.8, 4) is 11.8 Å². The minimum absolute atomic E-state index is 0.0572. The quantitative estimate of drug-likeness (QED) is 0.645. The summed E-state index contributed by atoms with van der Waals surface area (Å²) in [6, 6.07) is 12.3. The predicted molar refractivity (Wildman–Crippen MR) is 88.2 cm³/mol. The number of furan rings is 1. The summed E-state index contributed by atoms with van der Waals surface area (Å²) in [5.74, 6) is -0.159. The van der Waals surface area contributed by atoms with Gasteiger partial charge in [0.15, 0.2) is 10.4 Å². The van der Waals surface area contributed by atoms with Crippen molar-refractivity contribution in [2.24, 2.45) is 5.73 Å². The van der Waals surface area contributed by atoms with Gasteiger partial charge < -0.3 is 19.3 Å². The molecule has 0 radical (unpaired) electrons. The Hall–Kier alpha value is -2.98. The molecular formula is C17H9BrN2O4. The molecule has 0 amide bonds. The Morgan fingerprint density at radius 3 is 2.67 bits per heavy atom. The number of para-hydroxylation sites is 1. The van der Waals surface area contributed by atoms with Gasteiger partial charge in [0, 0.05) is 0 Å². The lowest BCUT2D eigenvalue weighted by Crippen LogP contribution is -2.26. The number of nitrogens with two attached hydrogens (primary N) is 1. The molecule has 0 saturated carbocycles. The average molecular weight is 385 g/mol. The van der Waals surface area contributed by atoms with Gasteiger partial charge in [0.2, 0.25) is 5.88 Å². The lowest BCUT2D eigenvalue weighted by molar-refractivity contribution is 0.376. The fraction of sp³-hybridized carbons (Fsp3) is 0.0588. The summed E-state index contributed by atoms with van der Waals surface area (Å²) in [4.78, 5) is 12.6. The molecule has 2 aromatic heterocycles. The minimum Gasteiger partial charge on any atom is -0.453 e. The molecule has 4 rings (SSSR count). The molecule has 1 aromatic carbocycles. The Morgan fingerprint density at radius 1 is 1.17 bits per heavy atom. The highest BCUT2D eigenvalue weighted by molar-refractivity contribution is 9.10. The molecular weight excluding hydrogens is 376 g/mol. The Balaban J connectivity index is 2.10. The SMILES string of the molecule is N#CC1=C(N)Oc2c(c(=O)oc3ccccc23)[C@@H]1c1ccc(Br)o1. The van der Waals surface area contributed by atoms with Crippen LogP contribution in [0, 0.1) is 11.3 Å². The van der Waals surface area contributed by atoms with Crippen LogP contribution in [-0.4, -0.2) is 0 Å². The molecule has 0 unspecified atom stereocenters. The van der Waals surface area contributed by atoms with Gasteiger partial charge in [-0.2, -0.15) is 5.26 Å². The number of ether oxygens (including phenoxy) is 1. The second-order valence-electron chi connectivity index (χ2n) is 5.20. The molecule has 24 heavy (non-hydrogen) atoms. The molecule has 1 aliphatic rings. The van der Waals surface area contributed by atoms with Crippen molar-refractivity contribution < 1.29 is 13.6 Å². The van der Waals surface area contributed by atoms with Crippen LogP contribution in [0.2, 0.25) is 0 Å². The molecule has 118 valence electrons. The van der Waals surface area contributed by atoms with Crippen molar-refractivity contribution in [1.29, 1.82) is 5.26 Å². The first-order valence-electron chi connectivity index (χ1n) is 6.98. The highest BCUT2D eigenvalue weighted by Gasteiger charge is 2.37. The molecule has 6 nitrogen and oxygen atoms in total. The summed E-state index contributed by atoms with van der Waals surface area (Å²) >= 11 is 3.22. The second kappa shape index (κ2) is 5.28. The minimum atomic E-state index is -0.786. The maximum atomic E-state index is 12.6. The molecule has 0 spiro atoms. The number of nitriles is 1. The number of fused-ring (bicyclic) bond motifs is 3. The molecule has 3 heterocycles. The third-order valence-electron chi connectivity index (χ3n) is 3.85. The smallest absolute Gasteiger partial charge is 0.344 e. The van der Waals surface area contributed by atoms with E-state index in [0.717, 1.165) is 0 Å². The van der Waals surface area contributed by atoms with Gasteiger partial charge in [0.05, 0.1) is 16.9 Å². The summed E-state index contributed by atoms with van der Waals surface area (Å²) < 4.78 is 17.0. The van der Waals surface area contributed by atoms with E-state index in [1.807, 2.05) is 6.07 Å². The first-order chi connectivity index (χ1) is 11.6. The van der Waals surface area contributed by atoms with E-state index in [9.17, 15) is 10.1 Å². The van der Waals surface area contributed by atoms with Crippen LogP contribution in [0.15, 0.2) is 66.2 Å². The normalized spacial score (nSPS) is 16.6. The molecule has 2 N–H and O–H groups in total. The van der Waals surface area contributed by atoms with Crippen molar-refractivity contribution in [1.82, 2.24) is 0 Å². The Kier molecular flexibility index (Phi) is 3.22. The van der Waals surface area contributed by atoms with Crippen LogP contribution in [0.1, 0.15) is 17.2 Å². The topological polar surface area (TPSA) is 102 Å². The number of nitrogens with zero attached hydrogens (tertiary/aromatic N) is 1. The van der Waals surface area contributed by atoms with Gasteiger partial charge in [-0.25, -0.2) is 4.79 Å². The summed E-state index contributed by atoms with van der Waals surface area (Å²) in [5, 5.41) is 10.1. The van der Waals surface area contributed by atoms with E-state index in [1.54, 1.807) is 36.4 Å². The third kappa shape index (κ3) is 2.04. The van der Waals surface area contributed by atoms with Crippen LogP contribution >= 0.6 is 15.9 Å². The summed E-state index contributed by atoms with van der Waals surface area (Å²) in [6.45, 7) is 0. The van der Waals surface area contributed by atoms with Crippen LogP contribution in [0.4, 0.5) is 0 Å². The van der Waals surface area contributed by atoms with Crippen molar-refractivity contribution in [2.75, 3.05) is 0 Å². The Labute approximate surface area is 143 Å². The van der Waals surface area contributed by atoms with Crippen molar-refractivity contribution >= 4 is 26.9 Å². The zero-order chi connectivity index (χ0) is 16.8. The molecule has 1 atom stereocenters. The van der Waals surface area contributed by atoms with E-state index in [1.165, 1.54) is 0 Å². The van der Waals surface area contributed by atoms with Crippen LogP contribution in [0.3, 0.4) is 0 Å². The first kappa shape index (κ1) is 14.6. The molecule has 0 bridgehead atoms. The summed E-state index contributed by atoms with van der Waals surface area (Å²) in [5.41, 5.74) is 6.02. The van der Waals surface area contributed by atoms with Crippen molar-refractivity contribution in [3.05, 3.63) is 74.3 Å². The van der Waals surface area contributed by atoms with E-state index in [2.05, 4.69) is 15.9 Å². The predicted octanol–water partition coefficient (Wildman–Crippen LogP) is 3.37. The number of hydrogen-bond donors (Lipinski definition) is 1. The van der Waals surface area contributed by atoms with E-state index in [0.29, 0.717) is 21.4 Å². The summed E-state index contributed by atoms with van der Waals surface area (Å²) in [6.07, 6.45) is 0. The van der Waals surface area contributed by atoms with Crippen LogP contribution in [-0.2, 0) is 0 Å². The molecule has 1 aliphatic heterocycles. The lowest BCUT2D eigenvalue weighted by Gasteiger charge is -2.24. The van der Waals surface area contributed by atoms with Crippen LogP contribution in [0.25, 0.3) is 11.0 Å². The highest BCUT2D eigenvalue weighted by atomic mass is 79.9. The van der Waals surface area contributed by atoms with Gasteiger partial charge in [-0.3, -0.25) is 0 Å². The van der Waals surface area contributed by atoms with E-state index < -0.39 is 11.5 Å². The summed E-state index contributed by atoms with van der Waals surface area (Å²) in [7, 11) is 0. The third-order valence-corrected chi connectivity index (χ3v) is 4.28. The number of hydrogen-bond acceptors (Lipinski definition) is 6. The zero-order valence-corrected chi connectivity index (χ0v) is 13.7. The van der Waals surface area contributed by atoms with Gasteiger partial charge in [-0.1, -0.05) is 12.1 Å². The fourth-order valence-corrected chi connectivity index (χ4v) is 3.15. The maximum Gasteiger partial charge on any atom is 0.344 e. The molecule has 7 heteroatoms. The molecule has 0 saturated heterocycles. The second-order valence-corrected chi connectivity index (χ2v) is 5.98. The fourth-order valence-electron chi connectivity index (χ4n) is 2.83. The highest BCUT2D eigenvalue weighted by Crippen LogP contribution is 2.44. The van der Waals surface area contributed by atoms with Crippen molar-refractivity contribution in [3.63, 3.8) is 0 Å². The molecule has 0 aliphatic carbocycles. The Bertz CT molecular complexity index is 1100. The first-order valence-corrected chi connectivity index (χ1v) is 7.78. The molecule has 3 aromatic rings. The van der Waals surface area contributed by atoms with Gasteiger partial charge in [-0.15, -0.1) is 0 Å². The number of benzene rings is 1. The Morgan fingerprint density at radius 2 is 1.96 bits per heavy atom. The van der Waals surface area contributed by atoms with Gasteiger partial charge in [0.1, 0.15) is 23.0 Å². The zero-order valence-electron chi connectivity index (χ0n) is 12.1. The number of rotatable bonds is 1. The average Bonchev–Trinajstić information content (AvgIpc) is 3.00. The molecule has 0 fully saturated rings. The van der Waals surface area contributed by atoms with Crippen molar-refractivity contribution in [2.45, 2.75) is 5.92 Å². The standard InChI is InChI=1S/C17H9BrN2O4/c18-12-6-5-11(22-12)13-9(7-19)16(20)24-15-8-3-1-2-4-10(8)23-17(21)14(13)15/h1-6,13H,20H2/t13-/m0/s1. The van der Waals surface area contributed by atoms with E-state index in [4.69, 9.17) is 19.3 Å². The maximum absolute atomic E-state index is 12.6. The van der Waals surface area contributed by atoms with Crippen LogP contribution in [0.5, 0.6) is 5.75 Å². The number of allylic oxidation sites excluding steroid dienone is 1. The van der Waals surface area contributed by atoms with Crippen LogP contribution < -0.4 is 16.1 Å². The lowest BCUT2D eigenvalue weighted by atomic mass is 9.87. The van der Waals surface area contributed by atoms with E-state index in [-0.39, 0.29) is 22.8 Å². The number of halogens is 1. The largest absolute Gasteiger partial charge is 0.453 e. The van der Waals surface area contributed by atoms with Gasteiger partial charge in [-0.05, 0) is 40.2 Å². The van der Waals surface area contributed by atoms with Gasteiger partial charge >= 0.3 is 5.63 Å². The monoisotopic (exact) mass is 384 g/mol.